The number of aliphatic hydroxyl groups excluding tert-OH is 1. The Morgan fingerprint density at radius 3 is 2.57 bits per heavy atom. The van der Waals surface area contributed by atoms with Crippen LogP contribution in [0.1, 0.15) is 13.8 Å². The lowest BCUT2D eigenvalue weighted by Gasteiger charge is -2.15. The molecule has 1 aromatic rings. The molecule has 1 atom stereocenters. The van der Waals surface area contributed by atoms with E-state index in [4.69, 9.17) is 4.74 Å². The summed E-state index contributed by atoms with van der Waals surface area (Å²) in [5.41, 5.74) is 0. The van der Waals surface area contributed by atoms with Gasteiger partial charge in [0, 0.05) is 0 Å². The first kappa shape index (κ1) is 11.5. The van der Waals surface area contributed by atoms with Crippen LogP contribution in [-0.4, -0.2) is 17.8 Å². The summed E-state index contributed by atoms with van der Waals surface area (Å²) in [6, 6.07) is 7.62. The van der Waals surface area contributed by atoms with E-state index in [9.17, 15) is 5.11 Å². The zero-order chi connectivity index (χ0) is 10.6. The molecule has 0 bridgehead atoms. The zero-order valence-corrected chi connectivity index (χ0v) is 9.99. The van der Waals surface area contributed by atoms with E-state index < -0.39 is 6.10 Å². The third kappa shape index (κ3) is 3.31. The second kappa shape index (κ2) is 5.37. The van der Waals surface area contributed by atoms with Crippen LogP contribution in [0.25, 0.3) is 0 Å². The van der Waals surface area contributed by atoms with E-state index in [1.807, 2.05) is 38.1 Å². The van der Waals surface area contributed by atoms with Crippen LogP contribution in [0.15, 0.2) is 28.7 Å². The van der Waals surface area contributed by atoms with Gasteiger partial charge in [0.05, 0.1) is 10.6 Å². The zero-order valence-electron chi connectivity index (χ0n) is 8.40. The molecule has 0 amide bonds. The van der Waals surface area contributed by atoms with Crippen molar-refractivity contribution in [2.45, 2.75) is 20.0 Å². The van der Waals surface area contributed by atoms with Gasteiger partial charge in [0.2, 0.25) is 0 Å². The van der Waals surface area contributed by atoms with E-state index in [1.165, 1.54) is 0 Å². The molecule has 2 nitrogen and oxygen atoms in total. The molecule has 0 aliphatic rings. The van der Waals surface area contributed by atoms with E-state index in [-0.39, 0.29) is 5.92 Å². The fourth-order valence-corrected chi connectivity index (χ4v) is 1.33. The van der Waals surface area contributed by atoms with Gasteiger partial charge in [-0.2, -0.15) is 0 Å². The summed E-state index contributed by atoms with van der Waals surface area (Å²) in [5.74, 6) is 0.990. The highest BCUT2D eigenvalue weighted by atomic mass is 79.9. The van der Waals surface area contributed by atoms with Crippen molar-refractivity contribution in [3.63, 3.8) is 0 Å². The standard InChI is InChI=1S/C11H15BrO2/c1-8(2)10(13)7-14-11-6-4-3-5-9(11)12/h3-6,8,10,13H,7H2,1-2H3. The maximum Gasteiger partial charge on any atom is 0.133 e. The first-order chi connectivity index (χ1) is 6.61. The second-order valence-corrected chi connectivity index (χ2v) is 4.41. The third-order valence-electron chi connectivity index (χ3n) is 2.02. The maximum absolute atomic E-state index is 9.54. The topological polar surface area (TPSA) is 29.5 Å². The quantitative estimate of drug-likeness (QED) is 0.900. The molecule has 14 heavy (non-hydrogen) atoms. The second-order valence-electron chi connectivity index (χ2n) is 3.55. The van der Waals surface area contributed by atoms with Crippen molar-refractivity contribution in [3.8, 4) is 5.75 Å². The number of rotatable bonds is 4. The normalized spacial score (nSPS) is 12.9. The molecule has 1 aromatic carbocycles. The predicted molar refractivity (Wildman–Crippen MR) is 60.5 cm³/mol. The maximum atomic E-state index is 9.54. The first-order valence-electron chi connectivity index (χ1n) is 4.66. The minimum Gasteiger partial charge on any atom is -0.490 e. The highest BCUT2D eigenvalue weighted by molar-refractivity contribution is 9.10. The first-order valence-corrected chi connectivity index (χ1v) is 5.46. The molecule has 3 heteroatoms. The van der Waals surface area contributed by atoms with E-state index in [1.54, 1.807) is 0 Å². The Balaban J connectivity index is 2.50. The van der Waals surface area contributed by atoms with Crippen LogP contribution >= 0.6 is 15.9 Å². The number of aliphatic hydroxyl groups is 1. The van der Waals surface area contributed by atoms with Gasteiger partial charge in [-0.15, -0.1) is 0 Å². The molecule has 78 valence electrons. The van der Waals surface area contributed by atoms with Crippen molar-refractivity contribution in [2.75, 3.05) is 6.61 Å². The lowest BCUT2D eigenvalue weighted by Crippen LogP contribution is -2.23. The van der Waals surface area contributed by atoms with Gasteiger partial charge in [0.25, 0.3) is 0 Å². The minimum atomic E-state index is -0.415. The van der Waals surface area contributed by atoms with Crippen LogP contribution in [-0.2, 0) is 0 Å². The van der Waals surface area contributed by atoms with Crippen LogP contribution in [0.2, 0.25) is 0 Å². The Kier molecular flexibility index (Phi) is 4.42. The lowest BCUT2D eigenvalue weighted by atomic mass is 10.1. The van der Waals surface area contributed by atoms with Crippen molar-refractivity contribution in [1.82, 2.24) is 0 Å². The minimum absolute atomic E-state index is 0.220. The number of para-hydroxylation sites is 1. The summed E-state index contributed by atoms with van der Waals surface area (Å²) in [6.45, 7) is 4.27. The van der Waals surface area contributed by atoms with Gasteiger partial charge in [-0.05, 0) is 34.0 Å². The molecule has 0 spiro atoms. The third-order valence-corrected chi connectivity index (χ3v) is 2.67. The van der Waals surface area contributed by atoms with Crippen molar-refractivity contribution in [1.29, 1.82) is 0 Å². The molecule has 0 radical (unpaired) electrons. The summed E-state index contributed by atoms with van der Waals surface area (Å²) >= 11 is 3.38. The fourth-order valence-electron chi connectivity index (χ4n) is 0.929. The fraction of sp³-hybridized carbons (Fsp3) is 0.455. The van der Waals surface area contributed by atoms with Crippen molar-refractivity contribution >= 4 is 15.9 Å². The molecule has 0 saturated carbocycles. The van der Waals surface area contributed by atoms with E-state index in [2.05, 4.69) is 15.9 Å². The van der Waals surface area contributed by atoms with E-state index in [0.717, 1.165) is 10.2 Å². The number of hydrogen-bond acceptors (Lipinski definition) is 2. The highest BCUT2D eigenvalue weighted by Gasteiger charge is 2.10. The van der Waals surface area contributed by atoms with Gasteiger partial charge in [-0.25, -0.2) is 0 Å². The average molecular weight is 259 g/mol. The Hall–Kier alpha value is -0.540. The lowest BCUT2D eigenvalue weighted by molar-refractivity contribution is 0.0698. The molecule has 0 fully saturated rings. The summed E-state index contributed by atoms with van der Waals surface area (Å²) in [7, 11) is 0. The Bertz CT molecular complexity index is 286. The van der Waals surface area contributed by atoms with Crippen LogP contribution in [0.4, 0.5) is 0 Å². The summed E-state index contributed by atoms with van der Waals surface area (Å²) in [6.07, 6.45) is -0.415. The van der Waals surface area contributed by atoms with Crippen LogP contribution in [0, 0.1) is 5.92 Å². The van der Waals surface area contributed by atoms with Crippen LogP contribution in [0.5, 0.6) is 5.75 Å². The molecule has 0 aliphatic heterocycles. The molecule has 1 unspecified atom stereocenters. The SMILES string of the molecule is CC(C)C(O)COc1ccccc1Br. The molecule has 1 N–H and O–H groups in total. The Morgan fingerprint density at radius 1 is 1.36 bits per heavy atom. The molecule has 0 heterocycles. The van der Waals surface area contributed by atoms with Gasteiger partial charge in [0.1, 0.15) is 12.4 Å². The van der Waals surface area contributed by atoms with Gasteiger partial charge in [-0.1, -0.05) is 26.0 Å². The average Bonchev–Trinajstić information content (AvgIpc) is 2.16. The van der Waals surface area contributed by atoms with E-state index >= 15 is 0 Å². The molecule has 0 aromatic heterocycles. The molecule has 1 rings (SSSR count). The largest absolute Gasteiger partial charge is 0.490 e. The number of ether oxygens (including phenoxy) is 1. The van der Waals surface area contributed by atoms with Crippen molar-refractivity contribution in [2.24, 2.45) is 5.92 Å². The number of halogens is 1. The number of hydrogen-bond donors (Lipinski definition) is 1. The van der Waals surface area contributed by atoms with Gasteiger partial charge in [0.15, 0.2) is 0 Å². The van der Waals surface area contributed by atoms with E-state index in [0.29, 0.717) is 6.61 Å². The number of benzene rings is 1. The molecular weight excluding hydrogens is 244 g/mol. The summed E-state index contributed by atoms with van der Waals surface area (Å²) < 4.78 is 6.38. The van der Waals surface area contributed by atoms with Gasteiger partial charge >= 0.3 is 0 Å². The molecular formula is C11H15BrO2. The molecule has 0 aliphatic carbocycles. The Morgan fingerprint density at radius 2 is 2.00 bits per heavy atom. The van der Waals surface area contributed by atoms with Crippen LogP contribution < -0.4 is 4.74 Å². The van der Waals surface area contributed by atoms with Crippen molar-refractivity contribution in [3.05, 3.63) is 28.7 Å². The summed E-state index contributed by atoms with van der Waals surface area (Å²) in [5, 5.41) is 9.54. The Labute approximate surface area is 93.0 Å². The summed E-state index contributed by atoms with van der Waals surface area (Å²) in [4.78, 5) is 0. The highest BCUT2D eigenvalue weighted by Crippen LogP contribution is 2.24. The molecule has 0 saturated heterocycles. The monoisotopic (exact) mass is 258 g/mol. The van der Waals surface area contributed by atoms with Gasteiger partial charge in [-0.3, -0.25) is 0 Å². The predicted octanol–water partition coefficient (Wildman–Crippen LogP) is 2.84. The van der Waals surface area contributed by atoms with Crippen LogP contribution in [0.3, 0.4) is 0 Å². The van der Waals surface area contributed by atoms with Gasteiger partial charge < -0.3 is 9.84 Å². The smallest absolute Gasteiger partial charge is 0.133 e. The van der Waals surface area contributed by atoms with Crippen molar-refractivity contribution < 1.29 is 9.84 Å².